The number of likely N-dealkylation sites (N-methyl/N-ethyl adjacent to an activating group) is 1. The first-order chi connectivity index (χ1) is 8.97. The van der Waals surface area contributed by atoms with E-state index >= 15 is 0 Å². The zero-order valence-corrected chi connectivity index (χ0v) is 11.6. The summed E-state index contributed by atoms with van der Waals surface area (Å²) >= 11 is 0. The molecule has 0 radical (unpaired) electrons. The van der Waals surface area contributed by atoms with E-state index in [0.717, 1.165) is 25.7 Å². The van der Waals surface area contributed by atoms with Gasteiger partial charge in [-0.2, -0.15) is 0 Å². The lowest BCUT2D eigenvalue weighted by atomic mass is 10.1. The molecule has 0 fully saturated rings. The fourth-order valence-corrected chi connectivity index (χ4v) is 1.90. The van der Waals surface area contributed by atoms with Crippen molar-refractivity contribution in [3.05, 3.63) is 29.6 Å². The van der Waals surface area contributed by atoms with Crippen LogP contribution in [0.2, 0.25) is 0 Å². The maximum Gasteiger partial charge on any atom is 0.254 e. The molecule has 0 saturated heterocycles. The largest absolute Gasteiger partial charge is 0.508 e. The van der Waals surface area contributed by atoms with Gasteiger partial charge in [0.2, 0.25) is 0 Å². The monoisotopic (exact) mass is 268 g/mol. The summed E-state index contributed by atoms with van der Waals surface area (Å²) in [5.74, 6) is -1.37. The smallest absolute Gasteiger partial charge is 0.254 e. The lowest BCUT2D eigenvalue weighted by Gasteiger charge is -2.23. The minimum atomic E-state index is -0.715. The van der Waals surface area contributed by atoms with Crippen molar-refractivity contribution in [1.82, 2.24) is 10.2 Å². The Morgan fingerprint density at radius 3 is 2.58 bits per heavy atom. The number of halogens is 1. The van der Waals surface area contributed by atoms with Gasteiger partial charge in [0.1, 0.15) is 11.6 Å². The summed E-state index contributed by atoms with van der Waals surface area (Å²) in [7, 11) is 0. The van der Waals surface area contributed by atoms with E-state index in [2.05, 4.69) is 24.1 Å². The Morgan fingerprint density at radius 1 is 1.42 bits per heavy atom. The number of carbonyl (C=O) groups excluding carboxylic acids is 1. The third-order valence-electron chi connectivity index (χ3n) is 3.00. The number of phenols is 1. The number of rotatable bonds is 6. The minimum Gasteiger partial charge on any atom is -0.508 e. The fourth-order valence-electron chi connectivity index (χ4n) is 1.90. The van der Waals surface area contributed by atoms with Crippen molar-refractivity contribution < 1.29 is 14.3 Å². The van der Waals surface area contributed by atoms with Crippen LogP contribution in [0.25, 0.3) is 0 Å². The topological polar surface area (TPSA) is 52.6 Å². The predicted octanol–water partition coefficient (Wildman–Crippen LogP) is 1.99. The van der Waals surface area contributed by atoms with Gasteiger partial charge in [-0.1, -0.05) is 13.8 Å². The Bertz CT molecular complexity index is 433. The normalized spacial score (nSPS) is 12.5. The van der Waals surface area contributed by atoms with Gasteiger partial charge >= 0.3 is 0 Å². The zero-order valence-electron chi connectivity index (χ0n) is 11.6. The number of hydrogen-bond acceptors (Lipinski definition) is 3. The molecular weight excluding hydrogens is 247 g/mol. The van der Waals surface area contributed by atoms with Crippen molar-refractivity contribution in [2.24, 2.45) is 0 Å². The van der Waals surface area contributed by atoms with Crippen LogP contribution in [-0.4, -0.2) is 41.6 Å². The molecule has 1 aromatic carbocycles. The predicted molar refractivity (Wildman–Crippen MR) is 72.8 cm³/mol. The Morgan fingerprint density at radius 2 is 2.05 bits per heavy atom. The lowest BCUT2D eigenvalue weighted by molar-refractivity contribution is 0.0926. The van der Waals surface area contributed by atoms with Crippen molar-refractivity contribution in [3.8, 4) is 5.75 Å². The second-order valence-corrected chi connectivity index (χ2v) is 4.52. The summed E-state index contributed by atoms with van der Waals surface area (Å²) in [6, 6.07) is 3.45. The standard InChI is InChI=1S/C14H21FN2O2/c1-4-17(5-2)9-10(3)16-14(19)12-7-6-11(18)8-13(12)15/h6-8,10,18H,4-5,9H2,1-3H3,(H,16,19). The van der Waals surface area contributed by atoms with Gasteiger partial charge in [-0.3, -0.25) is 4.79 Å². The average Bonchev–Trinajstić information content (AvgIpc) is 2.35. The summed E-state index contributed by atoms with van der Waals surface area (Å²) in [6.45, 7) is 8.52. The zero-order chi connectivity index (χ0) is 14.4. The Kier molecular flexibility index (Phi) is 5.76. The SMILES string of the molecule is CCN(CC)CC(C)NC(=O)c1ccc(O)cc1F. The average molecular weight is 268 g/mol. The van der Waals surface area contributed by atoms with Crippen LogP contribution in [0.1, 0.15) is 31.1 Å². The van der Waals surface area contributed by atoms with Gasteiger partial charge in [-0.05, 0) is 32.1 Å². The molecule has 5 heteroatoms. The third kappa shape index (κ3) is 4.52. The van der Waals surface area contributed by atoms with Gasteiger partial charge in [0.15, 0.2) is 0 Å². The second-order valence-electron chi connectivity index (χ2n) is 4.52. The van der Waals surface area contributed by atoms with Crippen LogP contribution in [0.5, 0.6) is 5.75 Å². The summed E-state index contributed by atoms with van der Waals surface area (Å²) < 4.78 is 13.5. The molecule has 0 aliphatic rings. The van der Waals surface area contributed by atoms with Crippen LogP contribution in [0.3, 0.4) is 0 Å². The molecule has 19 heavy (non-hydrogen) atoms. The summed E-state index contributed by atoms with van der Waals surface area (Å²) in [5, 5.41) is 11.9. The van der Waals surface area contributed by atoms with E-state index in [1.54, 1.807) is 0 Å². The molecular formula is C14H21FN2O2. The van der Waals surface area contributed by atoms with Crippen LogP contribution in [0.4, 0.5) is 4.39 Å². The van der Waals surface area contributed by atoms with E-state index in [1.807, 2.05) is 6.92 Å². The molecule has 0 bridgehead atoms. The molecule has 0 aliphatic carbocycles. The number of hydrogen-bond donors (Lipinski definition) is 2. The van der Waals surface area contributed by atoms with Crippen molar-refractivity contribution in [3.63, 3.8) is 0 Å². The molecule has 1 rings (SSSR count). The number of amides is 1. The number of carbonyl (C=O) groups is 1. The van der Waals surface area contributed by atoms with Crippen molar-refractivity contribution in [2.75, 3.05) is 19.6 Å². The van der Waals surface area contributed by atoms with Gasteiger partial charge in [0.05, 0.1) is 5.56 Å². The molecule has 1 aromatic rings. The first-order valence-corrected chi connectivity index (χ1v) is 6.49. The van der Waals surface area contributed by atoms with E-state index in [4.69, 9.17) is 5.11 Å². The Hall–Kier alpha value is -1.62. The highest BCUT2D eigenvalue weighted by Crippen LogP contribution is 2.15. The van der Waals surface area contributed by atoms with Crippen LogP contribution in [0, 0.1) is 5.82 Å². The molecule has 4 nitrogen and oxygen atoms in total. The second kappa shape index (κ2) is 7.09. The van der Waals surface area contributed by atoms with Gasteiger partial charge in [0, 0.05) is 18.7 Å². The van der Waals surface area contributed by atoms with E-state index in [9.17, 15) is 9.18 Å². The number of benzene rings is 1. The van der Waals surface area contributed by atoms with E-state index in [0.29, 0.717) is 0 Å². The molecule has 0 heterocycles. The third-order valence-corrected chi connectivity index (χ3v) is 3.00. The molecule has 0 aliphatic heterocycles. The Balaban J connectivity index is 2.63. The molecule has 0 aromatic heterocycles. The maximum absolute atomic E-state index is 13.5. The van der Waals surface area contributed by atoms with Gasteiger partial charge in [-0.25, -0.2) is 4.39 Å². The van der Waals surface area contributed by atoms with Crippen molar-refractivity contribution in [1.29, 1.82) is 0 Å². The maximum atomic E-state index is 13.5. The van der Waals surface area contributed by atoms with E-state index < -0.39 is 11.7 Å². The summed E-state index contributed by atoms with van der Waals surface area (Å²) in [6.07, 6.45) is 0. The van der Waals surface area contributed by atoms with Crippen LogP contribution in [-0.2, 0) is 0 Å². The highest BCUT2D eigenvalue weighted by molar-refractivity contribution is 5.94. The van der Waals surface area contributed by atoms with E-state index in [1.165, 1.54) is 12.1 Å². The number of nitrogens with one attached hydrogen (secondary N) is 1. The molecule has 2 N–H and O–H groups in total. The summed E-state index contributed by atoms with van der Waals surface area (Å²) in [5.41, 5.74) is -0.0517. The molecule has 1 unspecified atom stereocenters. The minimum absolute atomic E-state index is 0.0517. The van der Waals surface area contributed by atoms with Crippen molar-refractivity contribution in [2.45, 2.75) is 26.8 Å². The molecule has 106 valence electrons. The molecule has 0 spiro atoms. The molecule has 1 atom stereocenters. The molecule has 0 saturated carbocycles. The summed E-state index contributed by atoms with van der Waals surface area (Å²) in [4.78, 5) is 14.1. The first-order valence-electron chi connectivity index (χ1n) is 6.49. The van der Waals surface area contributed by atoms with Gasteiger partial charge < -0.3 is 15.3 Å². The fraction of sp³-hybridized carbons (Fsp3) is 0.500. The number of aromatic hydroxyl groups is 1. The highest BCUT2D eigenvalue weighted by atomic mass is 19.1. The van der Waals surface area contributed by atoms with Crippen LogP contribution < -0.4 is 5.32 Å². The van der Waals surface area contributed by atoms with Crippen LogP contribution >= 0.6 is 0 Å². The van der Waals surface area contributed by atoms with Crippen molar-refractivity contribution >= 4 is 5.91 Å². The number of phenolic OH excluding ortho intramolecular Hbond substituents is 1. The van der Waals surface area contributed by atoms with Crippen LogP contribution in [0.15, 0.2) is 18.2 Å². The van der Waals surface area contributed by atoms with Gasteiger partial charge in [-0.15, -0.1) is 0 Å². The van der Waals surface area contributed by atoms with E-state index in [-0.39, 0.29) is 17.4 Å². The molecule has 1 amide bonds. The van der Waals surface area contributed by atoms with Gasteiger partial charge in [0.25, 0.3) is 5.91 Å². The number of nitrogens with zero attached hydrogens (tertiary/aromatic N) is 1. The lowest BCUT2D eigenvalue weighted by Crippen LogP contribution is -2.42. The first kappa shape index (κ1) is 15.4. The highest BCUT2D eigenvalue weighted by Gasteiger charge is 2.15. The quantitative estimate of drug-likeness (QED) is 0.829. The Labute approximate surface area is 113 Å².